The number of benzene rings is 1. The number of pyridine rings is 1. The van der Waals surface area contributed by atoms with E-state index < -0.39 is 0 Å². The molecule has 0 atom stereocenters. The third-order valence-corrected chi connectivity index (χ3v) is 4.81. The van der Waals surface area contributed by atoms with Crippen molar-refractivity contribution in [2.45, 2.75) is 13.1 Å². The molecule has 0 saturated heterocycles. The summed E-state index contributed by atoms with van der Waals surface area (Å²) in [7, 11) is 0. The molecule has 0 spiro atoms. The highest BCUT2D eigenvalue weighted by atomic mass is 35.5. The molecule has 4 rings (SSSR count). The minimum atomic E-state index is -0.205. The molecule has 0 aliphatic carbocycles. The maximum atomic E-state index is 12.8. The van der Waals surface area contributed by atoms with Gasteiger partial charge in [-0.3, -0.25) is 19.3 Å². The standard InChI is InChI=1S/C20H18ClN5O2/c21-16-5-3-15(4-6-16)17-10-18-20(28)25(8-9-26(18)24-17)13-19(27)23-12-14-2-1-7-22-11-14/h1-7,10-11H,8-9,12-13H2,(H,23,27). The Hall–Kier alpha value is -3.19. The molecule has 0 saturated carbocycles. The van der Waals surface area contributed by atoms with Crippen molar-refractivity contribution in [1.29, 1.82) is 0 Å². The zero-order valence-corrected chi connectivity index (χ0v) is 15.8. The molecule has 0 bridgehead atoms. The predicted molar refractivity (Wildman–Crippen MR) is 105 cm³/mol. The van der Waals surface area contributed by atoms with Gasteiger partial charge in [-0.1, -0.05) is 29.8 Å². The van der Waals surface area contributed by atoms with E-state index in [1.165, 1.54) is 0 Å². The maximum Gasteiger partial charge on any atom is 0.272 e. The molecule has 0 radical (unpaired) electrons. The molecule has 28 heavy (non-hydrogen) atoms. The van der Waals surface area contributed by atoms with Gasteiger partial charge in [0.15, 0.2) is 0 Å². The second kappa shape index (κ2) is 7.82. The molecule has 0 unspecified atom stereocenters. The van der Waals surface area contributed by atoms with Crippen molar-refractivity contribution < 1.29 is 9.59 Å². The Kier molecular flexibility index (Phi) is 5.08. The van der Waals surface area contributed by atoms with Crippen LogP contribution in [0.4, 0.5) is 0 Å². The fourth-order valence-electron chi connectivity index (χ4n) is 3.08. The maximum absolute atomic E-state index is 12.8. The number of carbonyl (C=O) groups excluding carboxylic acids is 2. The van der Waals surface area contributed by atoms with Gasteiger partial charge in [0.1, 0.15) is 5.69 Å². The van der Waals surface area contributed by atoms with E-state index in [2.05, 4.69) is 15.4 Å². The molecule has 1 aliphatic rings. The number of nitrogens with zero attached hydrogens (tertiary/aromatic N) is 4. The minimum Gasteiger partial charge on any atom is -0.350 e. The predicted octanol–water partition coefficient (Wildman–Crippen LogP) is 2.37. The van der Waals surface area contributed by atoms with Gasteiger partial charge in [0, 0.05) is 36.1 Å². The smallest absolute Gasteiger partial charge is 0.272 e. The summed E-state index contributed by atoms with van der Waals surface area (Å²) in [5, 5.41) is 7.97. The van der Waals surface area contributed by atoms with E-state index in [1.54, 1.807) is 40.2 Å². The number of rotatable bonds is 5. The Morgan fingerprint density at radius 3 is 2.75 bits per heavy atom. The highest BCUT2D eigenvalue weighted by molar-refractivity contribution is 6.30. The molecule has 2 aromatic heterocycles. The van der Waals surface area contributed by atoms with E-state index in [0.29, 0.717) is 36.0 Å². The van der Waals surface area contributed by atoms with Crippen LogP contribution in [0.3, 0.4) is 0 Å². The molecule has 142 valence electrons. The number of nitrogens with one attached hydrogen (secondary N) is 1. The summed E-state index contributed by atoms with van der Waals surface area (Å²) in [6.07, 6.45) is 3.38. The number of amides is 2. The SMILES string of the molecule is O=C(CN1CCn2nc(-c3ccc(Cl)cc3)cc2C1=O)NCc1cccnc1. The molecule has 2 amide bonds. The Morgan fingerprint density at radius 1 is 1.18 bits per heavy atom. The molecule has 1 N–H and O–H groups in total. The zero-order valence-electron chi connectivity index (χ0n) is 15.0. The number of hydrogen-bond acceptors (Lipinski definition) is 4. The molecule has 3 heterocycles. The van der Waals surface area contributed by atoms with Crippen LogP contribution in [0.1, 0.15) is 16.1 Å². The number of aromatic nitrogens is 3. The normalized spacial score (nSPS) is 13.3. The lowest BCUT2D eigenvalue weighted by Gasteiger charge is -2.26. The summed E-state index contributed by atoms with van der Waals surface area (Å²) >= 11 is 5.93. The first-order valence-electron chi connectivity index (χ1n) is 8.89. The van der Waals surface area contributed by atoms with Crippen LogP contribution < -0.4 is 5.32 Å². The Bertz CT molecular complexity index is 1000. The van der Waals surface area contributed by atoms with Gasteiger partial charge in [-0.15, -0.1) is 0 Å². The van der Waals surface area contributed by atoms with Crippen LogP contribution in [-0.2, 0) is 17.9 Å². The van der Waals surface area contributed by atoms with Gasteiger partial charge in [-0.25, -0.2) is 0 Å². The van der Waals surface area contributed by atoms with Gasteiger partial charge in [-0.05, 0) is 29.8 Å². The highest BCUT2D eigenvalue weighted by Crippen LogP contribution is 2.23. The van der Waals surface area contributed by atoms with E-state index in [1.807, 2.05) is 24.3 Å². The summed E-state index contributed by atoms with van der Waals surface area (Å²) in [5.41, 5.74) is 2.99. The summed E-state index contributed by atoms with van der Waals surface area (Å²) < 4.78 is 1.69. The van der Waals surface area contributed by atoms with Gasteiger partial charge < -0.3 is 10.2 Å². The van der Waals surface area contributed by atoms with Crippen molar-refractivity contribution >= 4 is 23.4 Å². The van der Waals surface area contributed by atoms with Crippen molar-refractivity contribution in [3.05, 3.63) is 71.1 Å². The molecule has 7 nitrogen and oxygen atoms in total. The molecule has 1 aliphatic heterocycles. The second-order valence-corrected chi connectivity index (χ2v) is 6.95. The monoisotopic (exact) mass is 395 g/mol. The first-order valence-corrected chi connectivity index (χ1v) is 9.26. The van der Waals surface area contributed by atoms with Gasteiger partial charge in [0.05, 0.1) is 18.8 Å². The van der Waals surface area contributed by atoms with Crippen molar-refractivity contribution in [3.8, 4) is 11.3 Å². The molecule has 8 heteroatoms. The largest absolute Gasteiger partial charge is 0.350 e. The van der Waals surface area contributed by atoms with Crippen LogP contribution >= 0.6 is 11.6 Å². The first kappa shape index (κ1) is 18.2. The van der Waals surface area contributed by atoms with Crippen LogP contribution in [0.2, 0.25) is 5.02 Å². The molecule has 3 aromatic rings. The lowest BCUT2D eigenvalue weighted by atomic mass is 10.1. The summed E-state index contributed by atoms with van der Waals surface area (Å²) in [6.45, 7) is 1.38. The minimum absolute atomic E-state index is 0.0144. The summed E-state index contributed by atoms with van der Waals surface area (Å²) in [4.78, 5) is 30.6. The fourth-order valence-corrected chi connectivity index (χ4v) is 3.21. The summed E-state index contributed by atoms with van der Waals surface area (Å²) in [5.74, 6) is -0.404. The number of fused-ring (bicyclic) bond motifs is 1. The van der Waals surface area contributed by atoms with Crippen LogP contribution in [0.15, 0.2) is 54.9 Å². The van der Waals surface area contributed by atoms with E-state index in [4.69, 9.17) is 11.6 Å². The molecule has 1 aromatic carbocycles. The van der Waals surface area contributed by atoms with E-state index in [9.17, 15) is 9.59 Å². The quantitative estimate of drug-likeness (QED) is 0.719. The average molecular weight is 396 g/mol. The number of carbonyl (C=O) groups is 2. The van der Waals surface area contributed by atoms with Crippen LogP contribution in [0.5, 0.6) is 0 Å². The molecular weight excluding hydrogens is 378 g/mol. The summed E-state index contributed by atoms with van der Waals surface area (Å²) in [6, 6.07) is 12.8. The van der Waals surface area contributed by atoms with Crippen molar-refractivity contribution in [2.24, 2.45) is 0 Å². The average Bonchev–Trinajstić information content (AvgIpc) is 3.15. The Balaban J connectivity index is 1.41. The van der Waals surface area contributed by atoms with Crippen LogP contribution in [0.25, 0.3) is 11.3 Å². The Morgan fingerprint density at radius 2 is 2.00 bits per heavy atom. The Labute approximate surface area is 166 Å². The van der Waals surface area contributed by atoms with E-state index in [0.717, 1.165) is 11.1 Å². The molecule has 0 fully saturated rings. The van der Waals surface area contributed by atoms with Gasteiger partial charge >= 0.3 is 0 Å². The van der Waals surface area contributed by atoms with Gasteiger partial charge in [-0.2, -0.15) is 5.10 Å². The second-order valence-electron chi connectivity index (χ2n) is 6.51. The van der Waals surface area contributed by atoms with Crippen LogP contribution in [0, 0.1) is 0 Å². The van der Waals surface area contributed by atoms with E-state index in [-0.39, 0.29) is 18.4 Å². The topological polar surface area (TPSA) is 80.1 Å². The van der Waals surface area contributed by atoms with E-state index >= 15 is 0 Å². The van der Waals surface area contributed by atoms with Gasteiger partial charge in [0.2, 0.25) is 5.91 Å². The first-order chi connectivity index (χ1) is 13.6. The van der Waals surface area contributed by atoms with Crippen LogP contribution in [-0.4, -0.2) is 44.6 Å². The number of halogens is 1. The third-order valence-electron chi connectivity index (χ3n) is 4.55. The highest BCUT2D eigenvalue weighted by Gasteiger charge is 2.28. The van der Waals surface area contributed by atoms with Gasteiger partial charge in [0.25, 0.3) is 5.91 Å². The zero-order chi connectivity index (χ0) is 19.5. The molecular formula is C20H18ClN5O2. The van der Waals surface area contributed by atoms with Crippen molar-refractivity contribution in [3.63, 3.8) is 0 Å². The fraction of sp³-hybridized carbons (Fsp3) is 0.200. The lowest BCUT2D eigenvalue weighted by molar-refractivity contribution is -0.122. The lowest BCUT2D eigenvalue weighted by Crippen LogP contribution is -2.45. The van der Waals surface area contributed by atoms with Crippen molar-refractivity contribution in [2.75, 3.05) is 13.1 Å². The number of hydrogen-bond donors (Lipinski definition) is 1. The third kappa shape index (κ3) is 3.89. The van der Waals surface area contributed by atoms with Crippen molar-refractivity contribution in [1.82, 2.24) is 25.0 Å².